The summed E-state index contributed by atoms with van der Waals surface area (Å²) in [5, 5.41) is 0. The Morgan fingerprint density at radius 3 is 2.52 bits per heavy atom. The normalized spacial score (nSPS) is 20.5. The molecule has 2 aliphatic rings. The van der Waals surface area contributed by atoms with Gasteiger partial charge in [-0.2, -0.15) is 0 Å². The molecule has 0 bridgehead atoms. The zero-order valence-corrected chi connectivity index (χ0v) is 18.4. The Morgan fingerprint density at radius 2 is 1.81 bits per heavy atom. The van der Waals surface area contributed by atoms with E-state index in [1.807, 2.05) is 47.4 Å². The van der Waals surface area contributed by atoms with Crippen molar-refractivity contribution < 1.29 is 19.0 Å². The van der Waals surface area contributed by atoms with Gasteiger partial charge in [-0.05, 0) is 48.9 Å². The molecule has 0 saturated carbocycles. The van der Waals surface area contributed by atoms with Crippen molar-refractivity contribution in [1.29, 1.82) is 0 Å². The van der Waals surface area contributed by atoms with Crippen LogP contribution in [-0.4, -0.2) is 49.3 Å². The van der Waals surface area contributed by atoms with Gasteiger partial charge in [0, 0.05) is 32.5 Å². The summed E-state index contributed by atoms with van der Waals surface area (Å²) in [6.45, 7) is 2.93. The Balaban J connectivity index is 1.22. The molecule has 0 aromatic heterocycles. The second-order valence-corrected chi connectivity index (χ2v) is 8.67. The molecule has 5 heteroatoms. The minimum atomic E-state index is -0.133. The summed E-state index contributed by atoms with van der Waals surface area (Å²) >= 11 is 0. The number of nitrogens with zero attached hydrogens (tertiary/aromatic N) is 1. The predicted octanol–water partition coefficient (Wildman–Crippen LogP) is 4.38. The molecule has 2 fully saturated rings. The lowest BCUT2D eigenvalue weighted by Crippen LogP contribution is -2.52. The van der Waals surface area contributed by atoms with Crippen LogP contribution in [0.15, 0.2) is 54.6 Å². The Morgan fingerprint density at radius 1 is 1.06 bits per heavy atom. The minimum absolute atomic E-state index is 0.133. The number of hydrogen-bond donors (Lipinski definition) is 0. The number of benzene rings is 2. The molecular formula is C26H33NO4. The van der Waals surface area contributed by atoms with Crippen LogP contribution in [0.25, 0.3) is 0 Å². The Hall–Kier alpha value is -2.37. The number of ether oxygens (including phenoxy) is 3. The van der Waals surface area contributed by atoms with Crippen molar-refractivity contribution in [2.75, 3.05) is 26.8 Å². The predicted molar refractivity (Wildman–Crippen MR) is 120 cm³/mol. The van der Waals surface area contributed by atoms with E-state index in [0.29, 0.717) is 13.0 Å². The molecule has 2 aromatic rings. The first-order valence-corrected chi connectivity index (χ1v) is 11.4. The van der Waals surface area contributed by atoms with Crippen LogP contribution in [0.4, 0.5) is 0 Å². The standard InChI is InChI=1S/C26H33NO4/c1-29-23-10-7-21(8-11-23)9-12-25(28)27-16-14-26(15-17-27)19-24(13-18-31-26)30-20-22-5-3-2-4-6-22/h2-8,10-11,24H,9,12-20H2,1H3. The maximum atomic E-state index is 12.7. The zero-order chi connectivity index (χ0) is 21.5. The van der Waals surface area contributed by atoms with Gasteiger partial charge >= 0.3 is 0 Å². The number of amides is 1. The maximum Gasteiger partial charge on any atom is 0.222 e. The lowest BCUT2D eigenvalue weighted by molar-refractivity contribution is -0.163. The summed E-state index contributed by atoms with van der Waals surface area (Å²) in [5.74, 6) is 1.08. The molecule has 31 heavy (non-hydrogen) atoms. The van der Waals surface area contributed by atoms with Gasteiger partial charge in [-0.3, -0.25) is 4.79 Å². The van der Waals surface area contributed by atoms with Crippen molar-refractivity contribution in [3.8, 4) is 5.75 Å². The van der Waals surface area contributed by atoms with Crippen molar-refractivity contribution in [1.82, 2.24) is 4.90 Å². The fourth-order valence-electron chi connectivity index (χ4n) is 4.63. The van der Waals surface area contributed by atoms with Gasteiger partial charge in [0.05, 0.1) is 25.4 Å². The van der Waals surface area contributed by atoms with Gasteiger partial charge in [0.2, 0.25) is 5.91 Å². The summed E-state index contributed by atoms with van der Waals surface area (Å²) < 4.78 is 17.6. The third-order valence-electron chi connectivity index (χ3n) is 6.59. The largest absolute Gasteiger partial charge is 0.497 e. The number of methoxy groups -OCH3 is 1. The van der Waals surface area contributed by atoms with E-state index >= 15 is 0 Å². The highest BCUT2D eigenvalue weighted by Crippen LogP contribution is 2.36. The fraction of sp³-hybridized carbons (Fsp3) is 0.500. The fourth-order valence-corrected chi connectivity index (χ4v) is 4.63. The monoisotopic (exact) mass is 423 g/mol. The van der Waals surface area contributed by atoms with Gasteiger partial charge in [-0.15, -0.1) is 0 Å². The van der Waals surface area contributed by atoms with E-state index in [1.54, 1.807) is 7.11 Å². The van der Waals surface area contributed by atoms with E-state index < -0.39 is 0 Å². The second-order valence-electron chi connectivity index (χ2n) is 8.67. The van der Waals surface area contributed by atoms with Crippen LogP contribution in [0.2, 0.25) is 0 Å². The number of carbonyl (C=O) groups excluding carboxylic acids is 1. The Kier molecular flexibility index (Phi) is 7.25. The Labute approximate surface area is 185 Å². The average Bonchev–Trinajstić information content (AvgIpc) is 2.83. The zero-order valence-electron chi connectivity index (χ0n) is 18.4. The minimum Gasteiger partial charge on any atom is -0.497 e. The molecule has 1 spiro atoms. The molecule has 2 saturated heterocycles. The maximum absolute atomic E-state index is 12.7. The van der Waals surface area contributed by atoms with Crippen LogP contribution < -0.4 is 4.74 Å². The number of aryl methyl sites for hydroxylation is 1. The summed E-state index contributed by atoms with van der Waals surface area (Å²) in [4.78, 5) is 14.7. The summed E-state index contributed by atoms with van der Waals surface area (Å²) in [6, 6.07) is 18.3. The van der Waals surface area contributed by atoms with Crippen molar-refractivity contribution in [2.24, 2.45) is 0 Å². The first kappa shape index (κ1) is 21.8. The van der Waals surface area contributed by atoms with Crippen LogP contribution in [0.3, 0.4) is 0 Å². The molecule has 2 aromatic carbocycles. The number of carbonyl (C=O) groups is 1. The van der Waals surface area contributed by atoms with Gasteiger partial charge in [-0.1, -0.05) is 42.5 Å². The van der Waals surface area contributed by atoms with Crippen molar-refractivity contribution >= 4 is 5.91 Å². The SMILES string of the molecule is COc1ccc(CCC(=O)N2CCC3(CC2)CC(OCc2ccccc2)CCO3)cc1. The van der Waals surface area contributed by atoms with Gasteiger partial charge in [0.1, 0.15) is 5.75 Å². The van der Waals surface area contributed by atoms with Gasteiger partial charge in [-0.25, -0.2) is 0 Å². The van der Waals surface area contributed by atoms with Crippen LogP contribution in [-0.2, 0) is 27.3 Å². The van der Waals surface area contributed by atoms with Crippen LogP contribution in [0.5, 0.6) is 5.75 Å². The van der Waals surface area contributed by atoms with E-state index in [-0.39, 0.29) is 17.6 Å². The van der Waals surface area contributed by atoms with Crippen LogP contribution >= 0.6 is 0 Å². The molecule has 5 nitrogen and oxygen atoms in total. The third-order valence-corrected chi connectivity index (χ3v) is 6.59. The van der Waals surface area contributed by atoms with Gasteiger partial charge < -0.3 is 19.1 Å². The molecule has 166 valence electrons. The highest BCUT2D eigenvalue weighted by Gasteiger charge is 2.41. The lowest BCUT2D eigenvalue weighted by Gasteiger charge is -2.46. The number of rotatable bonds is 7. The van der Waals surface area contributed by atoms with E-state index in [9.17, 15) is 4.79 Å². The molecule has 1 unspecified atom stereocenters. The summed E-state index contributed by atoms with van der Waals surface area (Å²) in [6.07, 6.45) is 5.19. The van der Waals surface area contributed by atoms with Crippen LogP contribution in [0, 0.1) is 0 Å². The third kappa shape index (κ3) is 5.86. The topological polar surface area (TPSA) is 48.0 Å². The van der Waals surface area contributed by atoms with E-state index in [0.717, 1.165) is 63.1 Å². The van der Waals surface area contributed by atoms with E-state index in [1.165, 1.54) is 5.56 Å². The highest BCUT2D eigenvalue weighted by atomic mass is 16.5. The molecule has 2 aliphatic heterocycles. The average molecular weight is 424 g/mol. The quantitative estimate of drug-likeness (QED) is 0.663. The second kappa shape index (κ2) is 10.3. The van der Waals surface area contributed by atoms with Crippen molar-refractivity contribution in [3.05, 3.63) is 65.7 Å². The van der Waals surface area contributed by atoms with Crippen molar-refractivity contribution in [2.45, 2.75) is 56.8 Å². The number of piperidine rings is 1. The molecular weight excluding hydrogens is 390 g/mol. The van der Waals surface area contributed by atoms with Gasteiger partial charge in [0.15, 0.2) is 0 Å². The highest BCUT2D eigenvalue weighted by molar-refractivity contribution is 5.76. The smallest absolute Gasteiger partial charge is 0.222 e. The molecule has 1 amide bonds. The molecule has 2 heterocycles. The number of likely N-dealkylation sites (tertiary alicyclic amines) is 1. The summed E-state index contributed by atoms with van der Waals surface area (Å²) in [7, 11) is 1.66. The van der Waals surface area contributed by atoms with Gasteiger partial charge in [0.25, 0.3) is 0 Å². The van der Waals surface area contributed by atoms with E-state index in [2.05, 4.69) is 12.1 Å². The first-order valence-electron chi connectivity index (χ1n) is 11.4. The molecule has 0 N–H and O–H groups in total. The first-order chi connectivity index (χ1) is 15.2. The van der Waals surface area contributed by atoms with Crippen LogP contribution in [0.1, 0.15) is 43.2 Å². The number of hydrogen-bond acceptors (Lipinski definition) is 4. The molecule has 4 rings (SSSR count). The lowest BCUT2D eigenvalue weighted by atomic mass is 9.83. The molecule has 0 aliphatic carbocycles. The molecule has 1 atom stereocenters. The van der Waals surface area contributed by atoms with Crippen molar-refractivity contribution in [3.63, 3.8) is 0 Å². The Bertz CT molecular complexity index is 828. The van der Waals surface area contributed by atoms with E-state index in [4.69, 9.17) is 14.2 Å². The summed E-state index contributed by atoms with van der Waals surface area (Å²) in [5.41, 5.74) is 2.24. The molecule has 0 radical (unpaired) electrons.